The maximum absolute atomic E-state index is 12.9. The largest absolute Gasteiger partial charge is 0.482 e. The van der Waals surface area contributed by atoms with Crippen molar-refractivity contribution in [3.63, 3.8) is 0 Å². The van der Waals surface area contributed by atoms with Gasteiger partial charge in [-0.05, 0) is 36.4 Å². The van der Waals surface area contributed by atoms with Gasteiger partial charge in [-0.1, -0.05) is 40.9 Å². The topological polar surface area (TPSA) is 55.6 Å². The Hall–Kier alpha value is -2.68. The summed E-state index contributed by atoms with van der Waals surface area (Å²) in [6.45, 7) is -0.414. The number of hydrazone groups is 1. The molecule has 0 aliphatic heterocycles. The SMILES string of the molecule is O=C(COc1cc(Cl)cc(Cl)c1Cl)N/N=C\c1cccn1-c1cccc(C(F)(F)F)c1. The number of nitrogens with one attached hydrogen (secondary N) is 1. The Morgan fingerprint density at radius 2 is 1.90 bits per heavy atom. The fraction of sp³-hybridized carbons (Fsp3) is 0.100. The summed E-state index contributed by atoms with van der Waals surface area (Å²) < 4.78 is 45.6. The average molecular weight is 491 g/mol. The van der Waals surface area contributed by atoms with Crippen LogP contribution >= 0.6 is 34.8 Å². The molecule has 31 heavy (non-hydrogen) atoms. The molecule has 162 valence electrons. The highest BCUT2D eigenvalue weighted by atomic mass is 35.5. The summed E-state index contributed by atoms with van der Waals surface area (Å²) in [6.07, 6.45) is -1.59. The van der Waals surface area contributed by atoms with Crippen LogP contribution in [0.15, 0.2) is 59.8 Å². The molecule has 2 aromatic carbocycles. The summed E-state index contributed by atoms with van der Waals surface area (Å²) in [5.74, 6) is -0.461. The first-order chi connectivity index (χ1) is 14.6. The second-order valence-electron chi connectivity index (χ2n) is 6.13. The normalized spacial score (nSPS) is 11.7. The Labute approximate surface area is 190 Å². The standard InChI is InChI=1S/C20H13Cl3F3N3O2/c21-13-8-16(22)19(23)17(9-13)31-11-18(30)28-27-10-15-5-2-6-29(15)14-4-1-3-12(7-14)20(24,25)26/h1-10H,11H2,(H,28,30)/b27-10-. The molecule has 3 aromatic rings. The molecule has 5 nitrogen and oxygen atoms in total. The van der Waals surface area contributed by atoms with E-state index in [0.717, 1.165) is 12.1 Å². The minimum Gasteiger partial charge on any atom is -0.482 e. The lowest BCUT2D eigenvalue weighted by Gasteiger charge is -2.11. The van der Waals surface area contributed by atoms with Gasteiger partial charge in [-0.3, -0.25) is 4.79 Å². The van der Waals surface area contributed by atoms with E-state index >= 15 is 0 Å². The first-order valence-corrected chi connectivity index (χ1v) is 9.73. The van der Waals surface area contributed by atoms with Gasteiger partial charge in [-0.15, -0.1) is 0 Å². The van der Waals surface area contributed by atoms with Gasteiger partial charge < -0.3 is 9.30 Å². The van der Waals surface area contributed by atoms with E-state index < -0.39 is 24.3 Å². The number of carbonyl (C=O) groups excluding carboxylic acids is 1. The number of hydrogen-bond donors (Lipinski definition) is 1. The molecule has 1 amide bonds. The second-order valence-corrected chi connectivity index (χ2v) is 7.35. The van der Waals surface area contributed by atoms with Crippen molar-refractivity contribution in [3.8, 4) is 11.4 Å². The zero-order valence-corrected chi connectivity index (χ0v) is 17.7. The van der Waals surface area contributed by atoms with Crippen LogP contribution in [0.3, 0.4) is 0 Å². The third kappa shape index (κ3) is 5.94. The molecule has 0 fully saturated rings. The van der Waals surface area contributed by atoms with Crippen molar-refractivity contribution in [1.29, 1.82) is 0 Å². The Kier molecular flexibility index (Phi) is 7.15. The van der Waals surface area contributed by atoms with Crippen molar-refractivity contribution in [2.75, 3.05) is 6.61 Å². The molecule has 1 heterocycles. The van der Waals surface area contributed by atoms with E-state index in [1.54, 1.807) is 18.3 Å². The highest BCUT2D eigenvalue weighted by Crippen LogP contribution is 2.35. The summed E-state index contributed by atoms with van der Waals surface area (Å²) >= 11 is 17.7. The number of benzene rings is 2. The van der Waals surface area contributed by atoms with Crippen LogP contribution in [-0.2, 0) is 11.0 Å². The summed E-state index contributed by atoms with van der Waals surface area (Å²) in [5, 5.41) is 4.39. The Bertz CT molecular complexity index is 1130. The van der Waals surface area contributed by atoms with Crippen LogP contribution in [0.4, 0.5) is 13.2 Å². The van der Waals surface area contributed by atoms with E-state index in [0.29, 0.717) is 11.4 Å². The zero-order valence-electron chi connectivity index (χ0n) is 15.5. The lowest BCUT2D eigenvalue weighted by molar-refractivity contribution is -0.137. The van der Waals surface area contributed by atoms with Crippen molar-refractivity contribution < 1.29 is 22.7 Å². The minimum absolute atomic E-state index is 0.112. The van der Waals surface area contributed by atoms with Gasteiger partial charge in [0.15, 0.2) is 6.61 Å². The molecule has 1 N–H and O–H groups in total. The van der Waals surface area contributed by atoms with Crippen molar-refractivity contribution in [1.82, 2.24) is 9.99 Å². The minimum atomic E-state index is -4.46. The van der Waals surface area contributed by atoms with Gasteiger partial charge >= 0.3 is 6.18 Å². The Morgan fingerprint density at radius 1 is 1.13 bits per heavy atom. The monoisotopic (exact) mass is 489 g/mol. The second kappa shape index (κ2) is 9.64. The molecule has 0 bridgehead atoms. The average Bonchev–Trinajstić information content (AvgIpc) is 3.17. The molecule has 1 aromatic heterocycles. The molecule has 0 atom stereocenters. The number of ether oxygens (including phenoxy) is 1. The zero-order chi connectivity index (χ0) is 22.6. The van der Waals surface area contributed by atoms with Crippen molar-refractivity contribution in [2.24, 2.45) is 5.10 Å². The lowest BCUT2D eigenvalue weighted by Crippen LogP contribution is -2.24. The van der Waals surface area contributed by atoms with E-state index in [1.807, 2.05) is 0 Å². The van der Waals surface area contributed by atoms with E-state index in [-0.39, 0.29) is 20.8 Å². The number of aromatic nitrogens is 1. The van der Waals surface area contributed by atoms with Gasteiger partial charge in [0.2, 0.25) is 0 Å². The number of hydrogen-bond acceptors (Lipinski definition) is 3. The summed E-state index contributed by atoms with van der Waals surface area (Å²) in [5.41, 5.74) is 2.23. The van der Waals surface area contributed by atoms with Gasteiger partial charge in [0, 0.05) is 23.0 Å². The van der Waals surface area contributed by atoms with Crippen LogP contribution in [0.25, 0.3) is 5.69 Å². The smallest absolute Gasteiger partial charge is 0.416 e. The van der Waals surface area contributed by atoms with E-state index in [1.165, 1.54) is 35.0 Å². The molecule has 3 rings (SSSR count). The van der Waals surface area contributed by atoms with Crippen molar-refractivity contribution in [3.05, 3.63) is 81.1 Å². The fourth-order valence-corrected chi connectivity index (χ4v) is 3.19. The highest BCUT2D eigenvalue weighted by Gasteiger charge is 2.30. The number of rotatable bonds is 6. The number of halogens is 6. The van der Waals surface area contributed by atoms with Crippen LogP contribution in [0, 0.1) is 0 Å². The lowest BCUT2D eigenvalue weighted by atomic mass is 10.2. The van der Waals surface area contributed by atoms with Crippen LogP contribution in [-0.4, -0.2) is 23.3 Å². The molecule has 0 saturated carbocycles. The molecule has 0 aliphatic rings. The molecular formula is C20H13Cl3F3N3O2. The first-order valence-electron chi connectivity index (χ1n) is 8.59. The number of nitrogens with zero attached hydrogens (tertiary/aromatic N) is 2. The van der Waals surface area contributed by atoms with Crippen molar-refractivity contribution >= 4 is 46.9 Å². The molecule has 0 radical (unpaired) electrons. The quantitative estimate of drug-likeness (QED) is 0.262. The van der Waals surface area contributed by atoms with Gasteiger partial charge in [0.1, 0.15) is 10.8 Å². The molecule has 0 saturated heterocycles. The highest BCUT2D eigenvalue weighted by molar-refractivity contribution is 6.44. The molecule has 0 unspecified atom stereocenters. The van der Waals surface area contributed by atoms with E-state index in [9.17, 15) is 18.0 Å². The van der Waals surface area contributed by atoms with Gasteiger partial charge in [-0.2, -0.15) is 18.3 Å². The van der Waals surface area contributed by atoms with Gasteiger partial charge in [-0.25, -0.2) is 5.43 Å². The predicted molar refractivity (Wildman–Crippen MR) is 113 cm³/mol. The molecule has 0 aliphatic carbocycles. The van der Waals surface area contributed by atoms with Crippen LogP contribution in [0.2, 0.25) is 15.1 Å². The van der Waals surface area contributed by atoms with Crippen LogP contribution in [0.1, 0.15) is 11.3 Å². The van der Waals surface area contributed by atoms with E-state index in [4.69, 9.17) is 39.5 Å². The Balaban J connectivity index is 1.64. The predicted octanol–water partition coefficient (Wildman–Crippen LogP) is 5.99. The third-order valence-corrected chi connectivity index (χ3v) is 4.94. The summed E-state index contributed by atoms with van der Waals surface area (Å²) in [4.78, 5) is 11.9. The maximum Gasteiger partial charge on any atom is 0.416 e. The van der Waals surface area contributed by atoms with E-state index in [2.05, 4.69) is 10.5 Å². The first kappa shape index (κ1) is 23.0. The number of amides is 1. The summed E-state index contributed by atoms with van der Waals surface area (Å²) in [7, 11) is 0. The molecule has 11 heteroatoms. The fourth-order valence-electron chi connectivity index (χ4n) is 2.55. The number of carbonyl (C=O) groups is 1. The van der Waals surface area contributed by atoms with Crippen LogP contribution in [0.5, 0.6) is 5.75 Å². The third-order valence-electron chi connectivity index (χ3n) is 3.94. The van der Waals surface area contributed by atoms with Crippen LogP contribution < -0.4 is 10.2 Å². The van der Waals surface area contributed by atoms with Crippen molar-refractivity contribution in [2.45, 2.75) is 6.18 Å². The number of alkyl halides is 3. The molecular weight excluding hydrogens is 478 g/mol. The molecule has 0 spiro atoms. The van der Waals surface area contributed by atoms with Gasteiger partial charge in [0.25, 0.3) is 5.91 Å². The van der Waals surface area contributed by atoms with Gasteiger partial charge in [0.05, 0.1) is 22.5 Å². The summed E-state index contributed by atoms with van der Waals surface area (Å²) in [6, 6.07) is 10.9. The Morgan fingerprint density at radius 3 is 2.65 bits per heavy atom. The maximum atomic E-state index is 12.9.